The van der Waals surface area contributed by atoms with Crippen LogP contribution in [0.3, 0.4) is 0 Å². The Labute approximate surface area is 84.9 Å². The molecule has 0 fully saturated rings. The first-order valence-electron chi connectivity index (χ1n) is 4.93. The fraction of sp³-hybridized carbons (Fsp3) is 0.800. The quantitative estimate of drug-likeness (QED) is 0.662. The molecule has 0 aliphatic carbocycles. The zero-order valence-electron chi connectivity index (χ0n) is 9.28. The minimum absolute atomic E-state index is 0.0940. The van der Waals surface area contributed by atoms with Gasteiger partial charge in [-0.1, -0.05) is 13.8 Å². The third kappa shape index (κ3) is 2.05. The molecule has 14 heavy (non-hydrogen) atoms. The summed E-state index contributed by atoms with van der Waals surface area (Å²) in [5, 5.41) is 9.17. The minimum atomic E-state index is -1.05. The molecule has 0 aromatic heterocycles. The summed E-state index contributed by atoms with van der Waals surface area (Å²) in [4.78, 5) is 23.5. The van der Waals surface area contributed by atoms with Crippen molar-refractivity contribution in [3.8, 4) is 0 Å². The van der Waals surface area contributed by atoms with Gasteiger partial charge in [-0.15, -0.1) is 0 Å². The molecule has 0 atom stereocenters. The third-order valence-electron chi connectivity index (χ3n) is 2.73. The highest BCUT2D eigenvalue weighted by molar-refractivity contribution is 5.81. The molecule has 4 heteroatoms. The van der Waals surface area contributed by atoms with E-state index in [-0.39, 0.29) is 6.04 Å². The van der Waals surface area contributed by atoms with Crippen LogP contribution in [0.15, 0.2) is 0 Å². The van der Waals surface area contributed by atoms with Gasteiger partial charge in [-0.05, 0) is 26.7 Å². The molecule has 0 aliphatic rings. The molecule has 0 bridgehead atoms. The van der Waals surface area contributed by atoms with E-state index in [1.807, 2.05) is 13.8 Å². The van der Waals surface area contributed by atoms with Gasteiger partial charge in [-0.3, -0.25) is 4.79 Å². The average molecular weight is 201 g/mol. The van der Waals surface area contributed by atoms with Crippen LogP contribution in [0, 0.1) is 0 Å². The van der Waals surface area contributed by atoms with Crippen molar-refractivity contribution < 1.29 is 14.7 Å². The number of carboxylic acid groups (broad SMARTS) is 1. The van der Waals surface area contributed by atoms with Gasteiger partial charge < -0.3 is 10.0 Å². The summed E-state index contributed by atoms with van der Waals surface area (Å²) in [6.45, 7) is 7.21. The van der Waals surface area contributed by atoms with E-state index in [9.17, 15) is 14.7 Å². The van der Waals surface area contributed by atoms with Crippen molar-refractivity contribution in [1.29, 1.82) is 0 Å². The van der Waals surface area contributed by atoms with Gasteiger partial charge in [0.2, 0.25) is 6.41 Å². The fourth-order valence-corrected chi connectivity index (χ4v) is 1.74. The van der Waals surface area contributed by atoms with Crippen molar-refractivity contribution in [2.45, 2.75) is 52.1 Å². The van der Waals surface area contributed by atoms with Gasteiger partial charge in [0.15, 0.2) is 0 Å². The predicted octanol–water partition coefficient (Wildman–Crippen LogP) is 1.50. The third-order valence-corrected chi connectivity index (χ3v) is 2.73. The summed E-state index contributed by atoms with van der Waals surface area (Å²) in [7, 11) is 0. The molecule has 0 rings (SSSR count). The van der Waals surface area contributed by atoms with E-state index in [0.717, 1.165) is 0 Å². The van der Waals surface area contributed by atoms with E-state index >= 15 is 0 Å². The lowest BCUT2D eigenvalue weighted by Crippen LogP contribution is -2.56. The number of nitrogens with zero attached hydrogens (tertiary/aromatic N) is 1. The summed E-state index contributed by atoms with van der Waals surface area (Å²) in [6, 6.07) is -0.0940. The second-order valence-electron chi connectivity index (χ2n) is 3.65. The Morgan fingerprint density at radius 3 is 1.93 bits per heavy atom. The van der Waals surface area contributed by atoms with Gasteiger partial charge in [0, 0.05) is 6.04 Å². The average Bonchev–Trinajstić information content (AvgIpc) is 2.12. The van der Waals surface area contributed by atoms with Crippen molar-refractivity contribution >= 4 is 12.4 Å². The van der Waals surface area contributed by atoms with E-state index in [2.05, 4.69) is 0 Å². The molecule has 0 aromatic carbocycles. The lowest BCUT2D eigenvalue weighted by molar-refractivity contribution is -0.157. The molecule has 0 aliphatic heterocycles. The summed E-state index contributed by atoms with van der Waals surface area (Å²) in [6.07, 6.45) is 1.48. The Kier molecular flexibility index (Phi) is 4.60. The van der Waals surface area contributed by atoms with Crippen LogP contribution in [0.4, 0.5) is 0 Å². The van der Waals surface area contributed by atoms with Crippen molar-refractivity contribution in [3.63, 3.8) is 0 Å². The molecule has 0 aromatic rings. The maximum absolute atomic E-state index is 11.2. The summed E-state index contributed by atoms with van der Waals surface area (Å²) < 4.78 is 0. The van der Waals surface area contributed by atoms with Crippen LogP contribution in [0.1, 0.15) is 40.5 Å². The highest BCUT2D eigenvalue weighted by atomic mass is 16.4. The number of hydrogen-bond acceptors (Lipinski definition) is 2. The predicted molar refractivity (Wildman–Crippen MR) is 54.0 cm³/mol. The molecule has 0 unspecified atom stereocenters. The standard InChI is InChI=1S/C10H19NO3/c1-5-10(6-2,9(13)14)11(7-12)8(3)4/h7-8H,5-6H2,1-4H3,(H,13,14). The van der Waals surface area contributed by atoms with E-state index in [0.29, 0.717) is 19.3 Å². The summed E-state index contributed by atoms with van der Waals surface area (Å²) in [5.74, 6) is -0.928. The van der Waals surface area contributed by atoms with E-state index in [1.54, 1.807) is 13.8 Å². The second kappa shape index (κ2) is 4.98. The monoisotopic (exact) mass is 201 g/mol. The van der Waals surface area contributed by atoms with Crippen LogP contribution >= 0.6 is 0 Å². The number of amides is 1. The number of carboxylic acids is 1. The van der Waals surface area contributed by atoms with Gasteiger partial charge >= 0.3 is 5.97 Å². The van der Waals surface area contributed by atoms with E-state index in [1.165, 1.54) is 4.90 Å². The molecule has 0 saturated heterocycles. The SMILES string of the molecule is CCC(CC)(C(=O)O)N(C=O)C(C)C. The van der Waals surface area contributed by atoms with Crippen LogP contribution < -0.4 is 0 Å². The van der Waals surface area contributed by atoms with Gasteiger partial charge in [-0.25, -0.2) is 4.79 Å². The molecule has 1 N–H and O–H groups in total. The molecule has 82 valence electrons. The Hall–Kier alpha value is -1.06. The Morgan fingerprint density at radius 1 is 1.43 bits per heavy atom. The molecule has 0 radical (unpaired) electrons. The lowest BCUT2D eigenvalue weighted by Gasteiger charge is -2.39. The minimum Gasteiger partial charge on any atom is -0.479 e. The van der Waals surface area contributed by atoms with Crippen molar-refractivity contribution in [3.05, 3.63) is 0 Å². The first-order chi connectivity index (χ1) is 6.46. The molecule has 4 nitrogen and oxygen atoms in total. The van der Waals surface area contributed by atoms with Crippen LogP contribution in [0.25, 0.3) is 0 Å². The summed E-state index contributed by atoms with van der Waals surface area (Å²) >= 11 is 0. The van der Waals surface area contributed by atoms with Crippen molar-refractivity contribution in [2.75, 3.05) is 0 Å². The van der Waals surface area contributed by atoms with Gasteiger partial charge in [0.25, 0.3) is 0 Å². The van der Waals surface area contributed by atoms with Gasteiger partial charge in [0.05, 0.1) is 0 Å². The topological polar surface area (TPSA) is 57.6 Å². The number of carbonyl (C=O) groups excluding carboxylic acids is 1. The Balaban J connectivity index is 5.13. The first kappa shape index (κ1) is 12.9. The van der Waals surface area contributed by atoms with Crippen LogP contribution in [0.5, 0.6) is 0 Å². The van der Waals surface area contributed by atoms with E-state index in [4.69, 9.17) is 0 Å². The molecule has 0 spiro atoms. The highest BCUT2D eigenvalue weighted by Crippen LogP contribution is 2.25. The molecule has 0 heterocycles. The number of aliphatic carboxylic acids is 1. The maximum Gasteiger partial charge on any atom is 0.329 e. The zero-order chi connectivity index (χ0) is 11.4. The van der Waals surface area contributed by atoms with Gasteiger partial charge in [0.1, 0.15) is 5.54 Å². The Morgan fingerprint density at radius 2 is 1.86 bits per heavy atom. The van der Waals surface area contributed by atoms with Crippen molar-refractivity contribution in [1.82, 2.24) is 4.90 Å². The normalized spacial score (nSPS) is 11.5. The fourth-order valence-electron chi connectivity index (χ4n) is 1.74. The highest BCUT2D eigenvalue weighted by Gasteiger charge is 2.41. The molecular weight excluding hydrogens is 182 g/mol. The van der Waals surface area contributed by atoms with Crippen LogP contribution in [-0.2, 0) is 9.59 Å². The van der Waals surface area contributed by atoms with Crippen LogP contribution in [-0.4, -0.2) is 34.0 Å². The lowest BCUT2D eigenvalue weighted by atomic mass is 9.90. The van der Waals surface area contributed by atoms with E-state index < -0.39 is 11.5 Å². The smallest absolute Gasteiger partial charge is 0.329 e. The number of carbonyl (C=O) groups is 2. The molecular formula is C10H19NO3. The second-order valence-corrected chi connectivity index (χ2v) is 3.65. The van der Waals surface area contributed by atoms with Gasteiger partial charge in [-0.2, -0.15) is 0 Å². The first-order valence-corrected chi connectivity index (χ1v) is 4.93. The summed E-state index contributed by atoms with van der Waals surface area (Å²) in [5.41, 5.74) is -1.05. The maximum atomic E-state index is 11.2. The number of hydrogen-bond donors (Lipinski definition) is 1. The van der Waals surface area contributed by atoms with Crippen LogP contribution in [0.2, 0.25) is 0 Å². The molecule has 0 saturated carbocycles. The van der Waals surface area contributed by atoms with Crippen molar-refractivity contribution in [2.24, 2.45) is 0 Å². The zero-order valence-corrected chi connectivity index (χ0v) is 9.28. The number of rotatable bonds is 6. The molecule has 1 amide bonds. The largest absolute Gasteiger partial charge is 0.479 e. The Bertz CT molecular complexity index is 209.